The van der Waals surface area contributed by atoms with Gasteiger partial charge in [-0.05, 0) is 24.3 Å². The summed E-state index contributed by atoms with van der Waals surface area (Å²) in [5, 5.41) is 9.34. The molecule has 0 saturated heterocycles. The number of esters is 1. The molecule has 0 aliphatic heterocycles. The molecule has 0 bridgehead atoms. The summed E-state index contributed by atoms with van der Waals surface area (Å²) in [7, 11) is -3.40. The van der Waals surface area contributed by atoms with Gasteiger partial charge in [-0.25, -0.2) is 18.0 Å². The predicted molar refractivity (Wildman–Crippen MR) is 81.9 cm³/mol. The second-order valence-corrected chi connectivity index (χ2v) is 6.13. The molecular weight excluding hydrogens is 322 g/mol. The van der Waals surface area contributed by atoms with E-state index in [2.05, 4.69) is 4.74 Å². The highest BCUT2D eigenvalue weighted by molar-refractivity contribution is 7.93. The van der Waals surface area contributed by atoms with E-state index < -0.39 is 27.0 Å². The van der Waals surface area contributed by atoms with Gasteiger partial charge in [-0.1, -0.05) is 30.3 Å². The molecule has 0 radical (unpaired) electrons. The third-order valence-electron chi connectivity index (χ3n) is 2.98. The molecule has 1 amide bonds. The summed E-state index contributed by atoms with van der Waals surface area (Å²) in [4.78, 5) is 22.8. The van der Waals surface area contributed by atoms with Crippen molar-refractivity contribution in [3.05, 3.63) is 60.2 Å². The van der Waals surface area contributed by atoms with Gasteiger partial charge in [0.15, 0.2) is 0 Å². The molecule has 0 spiro atoms. The van der Waals surface area contributed by atoms with Crippen molar-refractivity contribution < 1.29 is 27.9 Å². The molecule has 120 valence electrons. The first-order chi connectivity index (χ1) is 10.9. The SMILES string of the molecule is COC(=O)c1ccccc1S(=O)(=O)N(C(=O)O)c1ccccc1. The number of sulfonamides is 1. The maximum atomic E-state index is 12.8. The molecule has 7 nitrogen and oxygen atoms in total. The van der Waals surface area contributed by atoms with Crippen molar-refractivity contribution in [3.8, 4) is 0 Å². The van der Waals surface area contributed by atoms with Crippen molar-refractivity contribution in [2.24, 2.45) is 0 Å². The van der Waals surface area contributed by atoms with Crippen molar-refractivity contribution in [3.63, 3.8) is 0 Å². The molecule has 0 aromatic heterocycles. The van der Waals surface area contributed by atoms with Crippen LogP contribution in [0.1, 0.15) is 10.4 Å². The number of ether oxygens (including phenoxy) is 1. The highest BCUT2D eigenvalue weighted by Gasteiger charge is 2.34. The van der Waals surface area contributed by atoms with Crippen molar-refractivity contribution in [2.45, 2.75) is 4.90 Å². The van der Waals surface area contributed by atoms with Crippen molar-refractivity contribution in [1.82, 2.24) is 0 Å². The first kappa shape index (κ1) is 16.5. The summed E-state index contributed by atoms with van der Waals surface area (Å²) >= 11 is 0. The lowest BCUT2D eigenvalue weighted by molar-refractivity contribution is 0.0596. The Bertz CT molecular complexity index is 832. The molecule has 0 atom stereocenters. The van der Waals surface area contributed by atoms with E-state index >= 15 is 0 Å². The van der Waals surface area contributed by atoms with Crippen LogP contribution in [0.2, 0.25) is 0 Å². The second kappa shape index (κ2) is 6.49. The van der Waals surface area contributed by atoms with Crippen LogP contribution in [0.3, 0.4) is 0 Å². The predicted octanol–water partition coefficient (Wildman–Crippen LogP) is 2.35. The van der Waals surface area contributed by atoms with Crippen LogP contribution in [0.4, 0.5) is 10.5 Å². The second-order valence-electron chi connectivity index (χ2n) is 4.38. The van der Waals surface area contributed by atoms with Crippen LogP contribution in [0, 0.1) is 0 Å². The number of para-hydroxylation sites is 1. The third kappa shape index (κ3) is 3.16. The topological polar surface area (TPSA) is 101 Å². The van der Waals surface area contributed by atoms with E-state index in [9.17, 15) is 23.1 Å². The zero-order valence-electron chi connectivity index (χ0n) is 12.0. The Hall–Kier alpha value is -2.87. The van der Waals surface area contributed by atoms with E-state index in [4.69, 9.17) is 0 Å². The van der Waals surface area contributed by atoms with Gasteiger partial charge < -0.3 is 9.84 Å². The van der Waals surface area contributed by atoms with Crippen LogP contribution in [0.15, 0.2) is 59.5 Å². The molecule has 0 heterocycles. The molecule has 8 heteroatoms. The van der Waals surface area contributed by atoms with Crippen LogP contribution >= 0.6 is 0 Å². The maximum Gasteiger partial charge on any atom is 0.426 e. The fourth-order valence-corrected chi connectivity index (χ4v) is 3.47. The van der Waals surface area contributed by atoms with E-state index in [1.165, 1.54) is 42.5 Å². The Balaban J connectivity index is 2.65. The van der Waals surface area contributed by atoms with E-state index in [0.717, 1.165) is 13.2 Å². The maximum absolute atomic E-state index is 12.8. The molecule has 0 unspecified atom stereocenters. The monoisotopic (exact) mass is 335 g/mol. The summed E-state index contributed by atoms with van der Waals surface area (Å²) in [6, 6.07) is 12.6. The minimum Gasteiger partial charge on any atom is -0.465 e. The quantitative estimate of drug-likeness (QED) is 0.861. The molecule has 0 aliphatic rings. The summed E-state index contributed by atoms with van der Waals surface area (Å²) in [5.41, 5.74) is -0.295. The molecule has 2 aromatic carbocycles. The third-order valence-corrected chi connectivity index (χ3v) is 4.73. The molecule has 1 N–H and O–H groups in total. The molecule has 0 saturated carbocycles. The van der Waals surface area contributed by atoms with Gasteiger partial charge >= 0.3 is 12.1 Å². The summed E-state index contributed by atoms with van der Waals surface area (Å²) < 4.78 is 30.3. The summed E-state index contributed by atoms with van der Waals surface area (Å²) in [6.07, 6.45) is -1.68. The van der Waals surface area contributed by atoms with E-state index in [1.54, 1.807) is 6.07 Å². The number of nitrogens with zero attached hydrogens (tertiary/aromatic N) is 1. The average molecular weight is 335 g/mol. The number of carbonyl (C=O) groups is 2. The standard InChI is InChI=1S/C15H13NO6S/c1-22-14(17)12-9-5-6-10-13(12)23(20,21)16(15(18)19)11-7-3-2-4-8-11/h2-10H,1H3,(H,18,19). The summed E-state index contributed by atoms with van der Waals surface area (Å²) in [6.45, 7) is 0. The first-order valence-corrected chi connectivity index (χ1v) is 7.84. The average Bonchev–Trinajstić information content (AvgIpc) is 2.54. The molecular formula is C15H13NO6S. The minimum absolute atomic E-state index is 0.0559. The number of benzene rings is 2. The number of hydrogen-bond acceptors (Lipinski definition) is 5. The first-order valence-electron chi connectivity index (χ1n) is 6.40. The zero-order valence-corrected chi connectivity index (χ0v) is 12.9. The van der Waals surface area contributed by atoms with E-state index in [1.807, 2.05) is 0 Å². The lowest BCUT2D eigenvalue weighted by atomic mass is 10.2. The van der Waals surface area contributed by atoms with E-state index in [0.29, 0.717) is 0 Å². The number of carboxylic acid groups (broad SMARTS) is 1. The Morgan fingerprint density at radius 1 is 1.00 bits per heavy atom. The number of rotatable bonds is 4. The van der Waals surface area contributed by atoms with Crippen molar-refractivity contribution in [1.29, 1.82) is 0 Å². The minimum atomic E-state index is -4.51. The number of hydrogen-bond donors (Lipinski definition) is 1. The van der Waals surface area contributed by atoms with Crippen LogP contribution in [-0.4, -0.2) is 32.7 Å². The fraction of sp³-hybridized carbons (Fsp3) is 0.0667. The van der Waals surface area contributed by atoms with Gasteiger partial charge in [0.25, 0.3) is 10.0 Å². The molecule has 23 heavy (non-hydrogen) atoms. The summed E-state index contributed by atoms with van der Waals surface area (Å²) in [5.74, 6) is -0.873. The van der Waals surface area contributed by atoms with Gasteiger partial charge in [0.1, 0.15) is 4.90 Å². The normalized spacial score (nSPS) is 10.8. The van der Waals surface area contributed by atoms with Gasteiger partial charge in [-0.15, -0.1) is 0 Å². The Labute approximate surface area is 132 Å². The van der Waals surface area contributed by atoms with Crippen LogP contribution in [-0.2, 0) is 14.8 Å². The molecule has 0 aliphatic carbocycles. The van der Waals surface area contributed by atoms with Gasteiger partial charge in [-0.3, -0.25) is 0 Å². The number of carbonyl (C=O) groups excluding carboxylic acids is 1. The molecule has 0 fully saturated rings. The van der Waals surface area contributed by atoms with Gasteiger partial charge in [-0.2, -0.15) is 4.31 Å². The van der Waals surface area contributed by atoms with Crippen LogP contribution in [0.25, 0.3) is 0 Å². The van der Waals surface area contributed by atoms with Crippen molar-refractivity contribution >= 4 is 27.8 Å². The Morgan fingerprint density at radius 2 is 1.57 bits per heavy atom. The molecule has 2 rings (SSSR count). The Morgan fingerprint density at radius 3 is 2.13 bits per heavy atom. The van der Waals surface area contributed by atoms with Gasteiger partial charge in [0.2, 0.25) is 0 Å². The Kier molecular flexibility index (Phi) is 4.65. The van der Waals surface area contributed by atoms with Gasteiger partial charge in [0, 0.05) is 0 Å². The molecule has 2 aromatic rings. The largest absolute Gasteiger partial charge is 0.465 e. The zero-order chi connectivity index (χ0) is 17.0. The van der Waals surface area contributed by atoms with Gasteiger partial charge in [0.05, 0.1) is 18.4 Å². The highest BCUT2D eigenvalue weighted by atomic mass is 32.2. The highest BCUT2D eigenvalue weighted by Crippen LogP contribution is 2.26. The van der Waals surface area contributed by atoms with E-state index in [-0.39, 0.29) is 15.6 Å². The van der Waals surface area contributed by atoms with Crippen LogP contribution in [0.5, 0.6) is 0 Å². The number of methoxy groups -OCH3 is 1. The fourth-order valence-electron chi connectivity index (χ4n) is 1.98. The number of anilines is 1. The number of amides is 1. The lowest BCUT2D eigenvalue weighted by Crippen LogP contribution is -2.36. The van der Waals surface area contributed by atoms with Crippen LogP contribution < -0.4 is 4.31 Å². The lowest BCUT2D eigenvalue weighted by Gasteiger charge is -2.20. The van der Waals surface area contributed by atoms with Crippen molar-refractivity contribution in [2.75, 3.05) is 11.4 Å². The smallest absolute Gasteiger partial charge is 0.426 e.